The Bertz CT molecular complexity index is 1210. The molecule has 2 aromatic rings. The number of azo groups is 1. The topological polar surface area (TPSA) is 141 Å². The first-order chi connectivity index (χ1) is 16.5. The van der Waals surface area contributed by atoms with Crippen LogP contribution in [0.3, 0.4) is 0 Å². The van der Waals surface area contributed by atoms with Crippen LogP contribution < -0.4 is 15.0 Å². The molecule has 0 saturated heterocycles. The number of halogens is 3. The molecule has 0 unspecified atom stereocenters. The van der Waals surface area contributed by atoms with E-state index >= 15 is 0 Å². The fraction of sp³-hybridized carbons (Fsp3) is 0.286. The lowest BCUT2D eigenvalue weighted by molar-refractivity contribution is -0.114. The number of nitrogens with zero attached hydrogens (tertiary/aromatic N) is 3. The van der Waals surface area contributed by atoms with E-state index in [-0.39, 0.29) is 43.4 Å². The number of sulfone groups is 1. The quantitative estimate of drug-likeness (QED) is 0.372. The molecule has 35 heavy (non-hydrogen) atoms. The van der Waals surface area contributed by atoms with Crippen LogP contribution in [0.2, 0.25) is 0 Å². The molecule has 0 aliphatic heterocycles. The van der Waals surface area contributed by atoms with Crippen molar-refractivity contribution in [2.45, 2.75) is 11.8 Å². The first kappa shape index (κ1) is 28.1. The third kappa shape index (κ3) is 7.18. The Morgan fingerprint density at radius 1 is 1.11 bits per heavy atom. The Balaban J connectivity index is 2.47. The van der Waals surface area contributed by atoms with Gasteiger partial charge in [0.1, 0.15) is 11.4 Å². The predicted molar refractivity (Wildman–Crippen MR) is 127 cm³/mol. The zero-order valence-electron chi connectivity index (χ0n) is 18.7. The van der Waals surface area contributed by atoms with Crippen LogP contribution in [0.1, 0.15) is 6.92 Å². The van der Waals surface area contributed by atoms with E-state index in [1.807, 2.05) is 0 Å². The number of aliphatic hydroxyl groups excluding tert-OH is 2. The second kappa shape index (κ2) is 12.5. The molecule has 10 nitrogen and oxygen atoms in total. The zero-order chi connectivity index (χ0) is 26.2. The van der Waals surface area contributed by atoms with Gasteiger partial charge >= 0.3 is 0 Å². The average molecular weight is 533 g/mol. The van der Waals surface area contributed by atoms with Gasteiger partial charge in [0.15, 0.2) is 0 Å². The Kier molecular flexibility index (Phi) is 10.1. The summed E-state index contributed by atoms with van der Waals surface area (Å²) in [6.45, 7) is 1.29. The van der Waals surface area contributed by atoms with E-state index in [2.05, 4.69) is 15.5 Å². The second-order valence-corrected chi connectivity index (χ2v) is 9.06. The number of amides is 1. The van der Waals surface area contributed by atoms with E-state index in [9.17, 15) is 32.2 Å². The first-order valence-corrected chi connectivity index (χ1v) is 11.8. The maximum atomic E-state index is 13.5. The van der Waals surface area contributed by atoms with Crippen LogP contribution in [0.15, 0.2) is 62.0 Å². The van der Waals surface area contributed by atoms with E-state index in [0.29, 0.717) is 11.4 Å². The van der Waals surface area contributed by atoms with Gasteiger partial charge in [0.05, 0.1) is 42.3 Å². The van der Waals surface area contributed by atoms with Crippen molar-refractivity contribution in [2.75, 3.05) is 43.6 Å². The fourth-order valence-electron chi connectivity index (χ4n) is 2.94. The van der Waals surface area contributed by atoms with E-state index in [0.717, 1.165) is 12.1 Å². The summed E-state index contributed by atoms with van der Waals surface area (Å²) in [5.74, 6) is -0.0774. The molecule has 0 spiro atoms. The molecule has 0 fully saturated rings. The van der Waals surface area contributed by atoms with Gasteiger partial charge in [0.25, 0.3) is 5.16 Å². The SMILES string of the molecule is COc1cc(N=Nc2ccc(S(=O)(=O)/C(F)=C(/F)Cl)cc2)c(NC(C)=O)cc1N(CCO)CCO. The summed E-state index contributed by atoms with van der Waals surface area (Å²) in [6.07, 6.45) is 0. The summed E-state index contributed by atoms with van der Waals surface area (Å²) in [4.78, 5) is 12.8. The molecule has 0 bridgehead atoms. The van der Waals surface area contributed by atoms with Gasteiger partial charge in [0.2, 0.25) is 21.0 Å². The van der Waals surface area contributed by atoms with Gasteiger partial charge in [-0.2, -0.15) is 13.9 Å². The largest absolute Gasteiger partial charge is 0.494 e. The minimum Gasteiger partial charge on any atom is -0.494 e. The monoisotopic (exact) mass is 532 g/mol. The fourth-order valence-corrected chi connectivity index (χ4v) is 4.15. The highest BCUT2D eigenvalue weighted by atomic mass is 35.5. The van der Waals surface area contributed by atoms with Crippen LogP contribution in [-0.2, 0) is 14.6 Å². The van der Waals surface area contributed by atoms with Crippen molar-refractivity contribution in [3.05, 3.63) is 46.8 Å². The summed E-state index contributed by atoms with van der Waals surface area (Å²) >= 11 is 4.81. The number of ether oxygens (including phenoxy) is 1. The van der Waals surface area contributed by atoms with Gasteiger partial charge in [-0.05, 0) is 41.9 Å². The molecular weight excluding hydrogens is 510 g/mol. The number of carbonyl (C=O) groups is 1. The molecule has 0 aliphatic carbocycles. The molecule has 3 N–H and O–H groups in total. The predicted octanol–water partition coefficient (Wildman–Crippen LogP) is 3.94. The number of nitrogens with one attached hydrogen (secondary N) is 1. The van der Waals surface area contributed by atoms with Gasteiger partial charge in [-0.25, -0.2) is 8.42 Å². The average Bonchev–Trinajstić information content (AvgIpc) is 2.82. The summed E-state index contributed by atoms with van der Waals surface area (Å²) in [6, 6.07) is 7.46. The lowest BCUT2D eigenvalue weighted by Crippen LogP contribution is -2.30. The third-order valence-corrected chi connectivity index (χ3v) is 6.31. The van der Waals surface area contributed by atoms with Crippen molar-refractivity contribution < 1.29 is 36.9 Å². The van der Waals surface area contributed by atoms with Gasteiger partial charge in [-0.15, -0.1) is 5.11 Å². The molecule has 0 saturated carbocycles. The summed E-state index contributed by atoms with van der Waals surface area (Å²) in [7, 11) is -3.34. The van der Waals surface area contributed by atoms with E-state index in [1.54, 1.807) is 11.0 Å². The molecule has 0 radical (unpaired) electrons. The molecule has 0 aliphatic rings. The Hall–Kier alpha value is -3.13. The summed E-state index contributed by atoms with van der Waals surface area (Å²) in [5, 5.41) is 25.3. The van der Waals surface area contributed by atoms with Crippen molar-refractivity contribution >= 4 is 50.1 Å². The number of hydrogen-bond donors (Lipinski definition) is 3. The number of carbonyl (C=O) groups excluding carboxylic acids is 1. The number of anilines is 2. The van der Waals surface area contributed by atoms with E-state index in [1.165, 1.54) is 32.2 Å². The highest BCUT2D eigenvalue weighted by Crippen LogP contribution is 2.39. The van der Waals surface area contributed by atoms with Gasteiger partial charge in [-0.3, -0.25) is 4.79 Å². The zero-order valence-corrected chi connectivity index (χ0v) is 20.3. The standard InChI is InChI=1S/C21H23ClF2N4O6S/c1-13(31)25-16-11-18(28(7-9-29)8-10-30)19(34-2)12-17(16)27-26-14-3-5-15(6-4-14)35(32,33)21(24)20(22)23/h3-6,11-12,29-30H,7-10H2,1-2H3,(H,25,31)/b21-20+,27-26?. The van der Waals surface area contributed by atoms with Crippen molar-refractivity contribution in [1.82, 2.24) is 0 Å². The lowest BCUT2D eigenvalue weighted by atomic mass is 10.2. The second-order valence-electron chi connectivity index (χ2n) is 6.89. The van der Waals surface area contributed by atoms with Crippen molar-refractivity contribution in [3.63, 3.8) is 0 Å². The van der Waals surface area contributed by atoms with Gasteiger partial charge in [-0.1, -0.05) is 0 Å². The number of hydrogen-bond acceptors (Lipinski definition) is 9. The molecule has 2 rings (SSSR count). The smallest absolute Gasteiger partial charge is 0.266 e. The number of methoxy groups -OCH3 is 1. The summed E-state index contributed by atoms with van der Waals surface area (Å²) < 4.78 is 55.7. The van der Waals surface area contributed by atoms with Crippen molar-refractivity contribution in [1.29, 1.82) is 0 Å². The van der Waals surface area contributed by atoms with Crippen molar-refractivity contribution in [2.24, 2.45) is 10.2 Å². The van der Waals surface area contributed by atoms with Crippen LogP contribution in [-0.4, -0.2) is 58.0 Å². The van der Waals surface area contributed by atoms with Gasteiger partial charge < -0.3 is 25.2 Å². The molecule has 1 amide bonds. The van der Waals surface area contributed by atoms with Crippen LogP contribution in [0.4, 0.5) is 31.5 Å². The third-order valence-electron chi connectivity index (χ3n) is 4.49. The minimum absolute atomic E-state index is 0.165. The van der Waals surface area contributed by atoms with Crippen molar-refractivity contribution in [3.8, 4) is 5.75 Å². The summed E-state index contributed by atoms with van der Waals surface area (Å²) in [5.41, 5.74) is 1.08. The number of aliphatic hydroxyl groups is 2. The van der Waals surface area contributed by atoms with Crippen LogP contribution >= 0.6 is 11.6 Å². The highest BCUT2D eigenvalue weighted by Gasteiger charge is 2.25. The van der Waals surface area contributed by atoms with E-state index < -0.39 is 31.1 Å². The van der Waals surface area contributed by atoms with Crippen LogP contribution in [0, 0.1) is 0 Å². The normalized spacial score (nSPS) is 12.4. The maximum absolute atomic E-state index is 13.5. The lowest BCUT2D eigenvalue weighted by Gasteiger charge is -2.26. The Morgan fingerprint density at radius 2 is 1.71 bits per heavy atom. The molecule has 0 heterocycles. The molecule has 0 aromatic heterocycles. The molecular formula is C21H23ClF2N4O6S. The Morgan fingerprint density at radius 3 is 2.20 bits per heavy atom. The molecule has 14 heteroatoms. The maximum Gasteiger partial charge on any atom is 0.266 e. The first-order valence-electron chi connectivity index (χ1n) is 9.99. The molecule has 0 atom stereocenters. The number of rotatable bonds is 11. The number of benzene rings is 2. The van der Waals surface area contributed by atoms with Crippen LogP contribution in [0.5, 0.6) is 5.75 Å². The highest BCUT2D eigenvalue weighted by molar-refractivity contribution is 7.95. The molecule has 2 aromatic carbocycles. The molecule has 190 valence electrons. The van der Waals surface area contributed by atoms with E-state index in [4.69, 9.17) is 16.3 Å². The van der Waals surface area contributed by atoms with Crippen LogP contribution in [0.25, 0.3) is 0 Å². The van der Waals surface area contributed by atoms with Gasteiger partial charge in [0, 0.05) is 26.1 Å². The Labute approximate surface area is 205 Å². The minimum atomic E-state index is -4.74.